The van der Waals surface area contributed by atoms with E-state index in [1.807, 2.05) is 12.1 Å². The zero-order chi connectivity index (χ0) is 13.1. The van der Waals surface area contributed by atoms with Crippen molar-refractivity contribution in [1.82, 2.24) is 14.5 Å². The molecule has 0 unspecified atom stereocenters. The Morgan fingerprint density at radius 2 is 2.00 bits per heavy atom. The van der Waals surface area contributed by atoms with Crippen molar-refractivity contribution in [3.8, 4) is 12.1 Å². The van der Waals surface area contributed by atoms with Crippen LogP contribution in [0, 0.1) is 22.7 Å². The average Bonchev–Trinajstić information content (AvgIpc) is 2.75. The largest absolute Gasteiger partial charge is 0.315 e. The van der Waals surface area contributed by atoms with Crippen LogP contribution >= 0.6 is 23.2 Å². The van der Waals surface area contributed by atoms with Crippen molar-refractivity contribution in [3.05, 3.63) is 45.7 Å². The predicted molar refractivity (Wildman–Crippen MR) is 65.0 cm³/mol. The minimum atomic E-state index is 0.0793. The summed E-state index contributed by atoms with van der Waals surface area (Å²) in [6.07, 6.45) is 1.40. The molecule has 2 aromatic heterocycles. The lowest BCUT2D eigenvalue weighted by Crippen LogP contribution is -2.04. The lowest BCUT2D eigenvalue weighted by molar-refractivity contribution is 0.763. The van der Waals surface area contributed by atoms with Crippen molar-refractivity contribution in [1.29, 1.82) is 10.5 Å². The standard InChI is InChI=1S/C11H5Cl2N5/c12-7-1-2-11(13)17-9(7)5-18-6-16-8(3-14)10(18)4-15/h1-2,6H,5H2. The zero-order valence-corrected chi connectivity index (χ0v) is 10.4. The van der Waals surface area contributed by atoms with E-state index >= 15 is 0 Å². The molecule has 0 fully saturated rings. The highest BCUT2D eigenvalue weighted by atomic mass is 35.5. The highest BCUT2D eigenvalue weighted by Crippen LogP contribution is 2.18. The Labute approximate surface area is 113 Å². The van der Waals surface area contributed by atoms with Gasteiger partial charge >= 0.3 is 0 Å². The number of imidazole rings is 1. The van der Waals surface area contributed by atoms with E-state index in [2.05, 4.69) is 9.97 Å². The molecule has 2 rings (SSSR count). The van der Waals surface area contributed by atoms with Crippen LogP contribution in [0.2, 0.25) is 10.2 Å². The third-order valence-corrected chi connectivity index (χ3v) is 2.81. The smallest absolute Gasteiger partial charge is 0.176 e. The zero-order valence-electron chi connectivity index (χ0n) is 8.93. The van der Waals surface area contributed by atoms with E-state index in [0.29, 0.717) is 15.9 Å². The Balaban J connectivity index is 2.41. The first kappa shape index (κ1) is 12.4. The first-order valence-electron chi connectivity index (χ1n) is 4.82. The van der Waals surface area contributed by atoms with Crippen molar-refractivity contribution >= 4 is 23.2 Å². The summed E-state index contributed by atoms with van der Waals surface area (Å²) in [5.74, 6) is 0. The number of aromatic nitrogens is 3. The summed E-state index contributed by atoms with van der Waals surface area (Å²) in [5.41, 5.74) is 0.772. The van der Waals surface area contributed by atoms with Crippen LogP contribution in [-0.2, 0) is 6.54 Å². The van der Waals surface area contributed by atoms with Gasteiger partial charge in [0.1, 0.15) is 17.3 Å². The first-order chi connectivity index (χ1) is 8.65. The van der Waals surface area contributed by atoms with Gasteiger partial charge in [-0.3, -0.25) is 0 Å². The van der Waals surface area contributed by atoms with Crippen molar-refractivity contribution in [2.75, 3.05) is 0 Å². The van der Waals surface area contributed by atoms with Gasteiger partial charge in [0, 0.05) is 0 Å². The molecule has 0 aliphatic rings. The molecule has 0 atom stereocenters. The van der Waals surface area contributed by atoms with Crippen LogP contribution in [0.25, 0.3) is 0 Å². The fourth-order valence-corrected chi connectivity index (χ4v) is 1.76. The molecule has 18 heavy (non-hydrogen) atoms. The van der Waals surface area contributed by atoms with Crippen LogP contribution in [0.4, 0.5) is 0 Å². The molecule has 0 spiro atoms. The maximum atomic E-state index is 8.98. The van der Waals surface area contributed by atoms with Crippen molar-refractivity contribution < 1.29 is 0 Å². The Hall–Kier alpha value is -2.08. The van der Waals surface area contributed by atoms with Gasteiger partial charge in [-0.25, -0.2) is 9.97 Å². The number of rotatable bonds is 2. The highest BCUT2D eigenvalue weighted by molar-refractivity contribution is 6.32. The fourth-order valence-electron chi connectivity index (χ4n) is 1.43. The summed E-state index contributed by atoms with van der Waals surface area (Å²) in [6, 6.07) is 6.97. The topological polar surface area (TPSA) is 78.3 Å². The fraction of sp³-hybridized carbons (Fsp3) is 0.0909. The molecule has 0 aliphatic carbocycles. The molecule has 88 valence electrons. The highest BCUT2D eigenvalue weighted by Gasteiger charge is 2.12. The summed E-state index contributed by atoms with van der Waals surface area (Å²) in [7, 11) is 0. The minimum absolute atomic E-state index is 0.0793. The normalized spacial score (nSPS) is 9.78. The van der Waals surface area contributed by atoms with Crippen LogP contribution in [0.3, 0.4) is 0 Å². The van der Waals surface area contributed by atoms with Crippen molar-refractivity contribution in [3.63, 3.8) is 0 Å². The summed E-state index contributed by atoms with van der Waals surface area (Å²) in [4.78, 5) is 7.90. The molecular formula is C11H5Cl2N5. The second kappa shape index (κ2) is 5.05. The number of nitrogens with zero attached hydrogens (tertiary/aromatic N) is 5. The summed E-state index contributed by atoms with van der Waals surface area (Å²) < 4.78 is 1.50. The molecule has 0 bridgehead atoms. The van der Waals surface area contributed by atoms with E-state index in [4.69, 9.17) is 33.7 Å². The molecule has 0 saturated carbocycles. The van der Waals surface area contributed by atoms with Crippen molar-refractivity contribution in [2.45, 2.75) is 6.54 Å². The van der Waals surface area contributed by atoms with Crippen LogP contribution in [0.1, 0.15) is 17.1 Å². The number of halogens is 2. The molecule has 2 heterocycles. The van der Waals surface area contributed by atoms with E-state index < -0.39 is 0 Å². The van der Waals surface area contributed by atoms with Gasteiger partial charge < -0.3 is 4.57 Å². The SMILES string of the molecule is N#Cc1ncn(Cc2nc(Cl)ccc2Cl)c1C#N. The first-order valence-corrected chi connectivity index (χ1v) is 5.57. The van der Waals surface area contributed by atoms with E-state index in [1.165, 1.54) is 10.9 Å². The number of pyridine rings is 1. The molecule has 0 radical (unpaired) electrons. The lowest BCUT2D eigenvalue weighted by Gasteiger charge is -2.05. The Morgan fingerprint density at radius 1 is 1.22 bits per heavy atom. The van der Waals surface area contributed by atoms with Crippen molar-refractivity contribution in [2.24, 2.45) is 0 Å². The van der Waals surface area contributed by atoms with Gasteiger partial charge in [0.2, 0.25) is 0 Å². The van der Waals surface area contributed by atoms with Gasteiger partial charge in [0.25, 0.3) is 0 Å². The predicted octanol–water partition coefficient (Wildman–Crippen LogP) is 2.38. The molecule has 0 aliphatic heterocycles. The number of hydrogen-bond acceptors (Lipinski definition) is 4. The van der Waals surface area contributed by atoms with Crippen LogP contribution in [0.15, 0.2) is 18.5 Å². The maximum Gasteiger partial charge on any atom is 0.176 e. The van der Waals surface area contributed by atoms with E-state index in [9.17, 15) is 0 Å². The molecule has 0 saturated heterocycles. The maximum absolute atomic E-state index is 8.98. The average molecular weight is 278 g/mol. The van der Waals surface area contributed by atoms with E-state index in [0.717, 1.165) is 0 Å². The van der Waals surface area contributed by atoms with Gasteiger partial charge in [-0.15, -0.1) is 0 Å². The molecule has 0 N–H and O–H groups in total. The summed E-state index contributed by atoms with van der Waals surface area (Å²) >= 11 is 11.8. The van der Waals surface area contributed by atoms with Gasteiger partial charge in [-0.05, 0) is 12.1 Å². The van der Waals surface area contributed by atoms with Gasteiger partial charge in [0.15, 0.2) is 11.4 Å². The molecular weight excluding hydrogens is 273 g/mol. The molecule has 0 amide bonds. The molecule has 7 heteroatoms. The van der Waals surface area contributed by atoms with Gasteiger partial charge in [-0.1, -0.05) is 23.2 Å². The molecule has 0 aromatic carbocycles. The quantitative estimate of drug-likeness (QED) is 0.790. The second-order valence-corrected chi connectivity index (χ2v) is 4.15. The third kappa shape index (κ3) is 2.28. The van der Waals surface area contributed by atoms with Crippen LogP contribution < -0.4 is 0 Å². The number of hydrogen-bond donors (Lipinski definition) is 0. The van der Waals surface area contributed by atoms with E-state index in [1.54, 1.807) is 12.1 Å². The molecule has 5 nitrogen and oxygen atoms in total. The molecule has 2 aromatic rings. The summed E-state index contributed by atoms with van der Waals surface area (Å²) in [6.45, 7) is 0.233. The summed E-state index contributed by atoms with van der Waals surface area (Å²) in [5, 5.41) is 18.5. The second-order valence-electron chi connectivity index (χ2n) is 3.36. The third-order valence-electron chi connectivity index (χ3n) is 2.25. The Bertz CT molecular complexity index is 678. The van der Waals surface area contributed by atoms with Crippen LogP contribution in [0.5, 0.6) is 0 Å². The number of nitriles is 2. The minimum Gasteiger partial charge on any atom is -0.315 e. The monoisotopic (exact) mass is 277 g/mol. The van der Waals surface area contributed by atoms with Crippen LogP contribution in [-0.4, -0.2) is 14.5 Å². The Morgan fingerprint density at radius 3 is 2.67 bits per heavy atom. The van der Waals surface area contributed by atoms with Gasteiger partial charge in [0.05, 0.1) is 23.6 Å². The van der Waals surface area contributed by atoms with E-state index in [-0.39, 0.29) is 17.9 Å². The lowest BCUT2D eigenvalue weighted by atomic mass is 10.3. The Kier molecular flexibility index (Phi) is 3.47. The van der Waals surface area contributed by atoms with Gasteiger partial charge in [-0.2, -0.15) is 10.5 Å².